The molecule has 0 heterocycles. The van der Waals surface area contributed by atoms with E-state index in [4.69, 9.17) is 4.74 Å². The van der Waals surface area contributed by atoms with Gasteiger partial charge in [0.25, 0.3) is 0 Å². The molecule has 1 N–H and O–H groups in total. The minimum Gasteiger partial charge on any atom is -0.492 e. The van der Waals surface area contributed by atoms with Crippen LogP contribution in [0.5, 0.6) is 5.75 Å². The molecule has 0 aromatic heterocycles. The fraction of sp³-hybridized carbons (Fsp3) is 0.136. The van der Waals surface area contributed by atoms with Crippen molar-refractivity contribution in [3.63, 3.8) is 0 Å². The SMILES string of the molecule is CCOc1ccccc1NC(=O)C(c1ccccc1)c1ccccc1. The summed E-state index contributed by atoms with van der Waals surface area (Å²) in [6, 6.07) is 27.1. The molecule has 0 spiro atoms. The van der Waals surface area contributed by atoms with Crippen molar-refractivity contribution in [2.75, 3.05) is 11.9 Å². The average Bonchev–Trinajstić information content (AvgIpc) is 2.65. The normalized spacial score (nSPS) is 10.5. The lowest BCUT2D eigenvalue weighted by atomic mass is 9.90. The van der Waals surface area contributed by atoms with Crippen molar-refractivity contribution < 1.29 is 9.53 Å². The Morgan fingerprint density at radius 1 is 0.840 bits per heavy atom. The highest BCUT2D eigenvalue weighted by atomic mass is 16.5. The van der Waals surface area contributed by atoms with Gasteiger partial charge < -0.3 is 10.1 Å². The van der Waals surface area contributed by atoms with Crippen LogP contribution in [0.2, 0.25) is 0 Å². The average molecular weight is 331 g/mol. The Morgan fingerprint density at radius 2 is 1.36 bits per heavy atom. The number of anilines is 1. The summed E-state index contributed by atoms with van der Waals surface area (Å²) in [4.78, 5) is 13.1. The number of hydrogen-bond acceptors (Lipinski definition) is 2. The van der Waals surface area contributed by atoms with E-state index in [2.05, 4.69) is 5.32 Å². The largest absolute Gasteiger partial charge is 0.492 e. The highest BCUT2D eigenvalue weighted by Gasteiger charge is 2.23. The predicted octanol–water partition coefficient (Wildman–Crippen LogP) is 4.86. The maximum absolute atomic E-state index is 13.1. The molecule has 126 valence electrons. The van der Waals surface area contributed by atoms with E-state index < -0.39 is 0 Å². The lowest BCUT2D eigenvalue weighted by Gasteiger charge is -2.19. The third-order valence-electron chi connectivity index (χ3n) is 3.97. The molecule has 1 amide bonds. The maximum atomic E-state index is 13.1. The third kappa shape index (κ3) is 4.07. The number of hydrogen-bond donors (Lipinski definition) is 1. The fourth-order valence-electron chi connectivity index (χ4n) is 2.84. The molecule has 3 aromatic carbocycles. The van der Waals surface area contributed by atoms with Crippen LogP contribution in [0, 0.1) is 0 Å². The number of carbonyl (C=O) groups is 1. The van der Waals surface area contributed by atoms with Gasteiger partial charge in [-0.3, -0.25) is 4.79 Å². The van der Waals surface area contributed by atoms with Crippen molar-refractivity contribution in [1.29, 1.82) is 0 Å². The number of rotatable bonds is 6. The van der Waals surface area contributed by atoms with Crippen LogP contribution < -0.4 is 10.1 Å². The summed E-state index contributed by atoms with van der Waals surface area (Å²) < 4.78 is 5.61. The first-order valence-electron chi connectivity index (χ1n) is 8.42. The Bertz CT molecular complexity index is 776. The maximum Gasteiger partial charge on any atom is 0.236 e. The Balaban J connectivity index is 1.93. The molecule has 3 aromatic rings. The number of ether oxygens (including phenoxy) is 1. The Morgan fingerprint density at radius 3 is 1.92 bits per heavy atom. The predicted molar refractivity (Wildman–Crippen MR) is 101 cm³/mol. The molecule has 3 nitrogen and oxygen atoms in total. The van der Waals surface area contributed by atoms with Gasteiger partial charge in [0.05, 0.1) is 18.2 Å². The van der Waals surface area contributed by atoms with Crippen LogP contribution in [0.4, 0.5) is 5.69 Å². The van der Waals surface area contributed by atoms with Crippen molar-refractivity contribution >= 4 is 11.6 Å². The zero-order chi connectivity index (χ0) is 17.5. The second-order valence-corrected chi connectivity index (χ2v) is 5.67. The molecule has 0 atom stereocenters. The summed E-state index contributed by atoms with van der Waals surface area (Å²) >= 11 is 0. The molecule has 3 rings (SSSR count). The summed E-state index contributed by atoms with van der Waals surface area (Å²) in [5.41, 5.74) is 2.60. The van der Waals surface area contributed by atoms with E-state index in [0.717, 1.165) is 11.1 Å². The molecule has 0 saturated carbocycles. The monoisotopic (exact) mass is 331 g/mol. The number of benzene rings is 3. The van der Waals surface area contributed by atoms with Crippen molar-refractivity contribution in [2.24, 2.45) is 0 Å². The summed E-state index contributed by atoms with van der Waals surface area (Å²) in [6.45, 7) is 2.48. The summed E-state index contributed by atoms with van der Waals surface area (Å²) in [5.74, 6) is 0.222. The summed E-state index contributed by atoms with van der Waals surface area (Å²) in [6.07, 6.45) is 0. The number of amides is 1. The van der Waals surface area contributed by atoms with Gasteiger partial charge in [-0.1, -0.05) is 72.8 Å². The molecule has 0 aliphatic heterocycles. The summed E-state index contributed by atoms with van der Waals surface area (Å²) in [7, 11) is 0. The highest BCUT2D eigenvalue weighted by Crippen LogP contribution is 2.29. The zero-order valence-electron chi connectivity index (χ0n) is 14.2. The van der Waals surface area contributed by atoms with Gasteiger partial charge in [0, 0.05) is 0 Å². The lowest BCUT2D eigenvalue weighted by Crippen LogP contribution is -2.22. The van der Waals surface area contributed by atoms with Gasteiger partial charge in [0.15, 0.2) is 0 Å². The first kappa shape index (κ1) is 16.8. The first-order valence-corrected chi connectivity index (χ1v) is 8.42. The van der Waals surface area contributed by atoms with Gasteiger partial charge in [0.2, 0.25) is 5.91 Å². The van der Waals surface area contributed by atoms with Gasteiger partial charge in [-0.2, -0.15) is 0 Å². The van der Waals surface area contributed by atoms with Crippen molar-refractivity contribution in [2.45, 2.75) is 12.8 Å². The van der Waals surface area contributed by atoms with Gasteiger partial charge in [0.1, 0.15) is 5.75 Å². The zero-order valence-corrected chi connectivity index (χ0v) is 14.2. The van der Waals surface area contributed by atoms with Crippen LogP contribution >= 0.6 is 0 Å². The number of nitrogens with one attached hydrogen (secondary N) is 1. The van der Waals surface area contributed by atoms with Crippen molar-refractivity contribution in [3.8, 4) is 5.75 Å². The number of para-hydroxylation sites is 2. The van der Waals surface area contributed by atoms with Crippen LogP contribution in [0.1, 0.15) is 24.0 Å². The lowest BCUT2D eigenvalue weighted by molar-refractivity contribution is -0.116. The van der Waals surface area contributed by atoms with Crippen LogP contribution in [-0.2, 0) is 4.79 Å². The van der Waals surface area contributed by atoms with Crippen LogP contribution in [0.15, 0.2) is 84.9 Å². The van der Waals surface area contributed by atoms with E-state index in [0.29, 0.717) is 18.0 Å². The first-order chi connectivity index (χ1) is 12.3. The minimum absolute atomic E-state index is 0.0791. The summed E-state index contributed by atoms with van der Waals surface area (Å²) in [5, 5.41) is 3.03. The molecular weight excluding hydrogens is 310 g/mol. The van der Waals surface area contributed by atoms with Gasteiger partial charge in [-0.25, -0.2) is 0 Å². The second kappa shape index (κ2) is 8.15. The van der Waals surface area contributed by atoms with Gasteiger partial charge in [-0.05, 0) is 30.2 Å². The molecule has 3 heteroatoms. The Labute approximate surface area is 148 Å². The molecule has 0 saturated heterocycles. The Hall–Kier alpha value is -3.07. The van der Waals surface area contributed by atoms with Crippen LogP contribution in [-0.4, -0.2) is 12.5 Å². The van der Waals surface area contributed by atoms with E-state index in [-0.39, 0.29) is 11.8 Å². The van der Waals surface area contributed by atoms with E-state index in [9.17, 15) is 4.79 Å². The van der Waals surface area contributed by atoms with Crippen LogP contribution in [0.25, 0.3) is 0 Å². The quantitative estimate of drug-likeness (QED) is 0.701. The van der Waals surface area contributed by atoms with E-state index in [1.165, 1.54) is 0 Å². The van der Waals surface area contributed by atoms with E-state index >= 15 is 0 Å². The molecule has 0 unspecified atom stereocenters. The number of carbonyl (C=O) groups excluding carboxylic acids is 1. The van der Waals surface area contributed by atoms with E-state index in [1.807, 2.05) is 91.9 Å². The Kier molecular flexibility index (Phi) is 5.47. The smallest absolute Gasteiger partial charge is 0.236 e. The van der Waals surface area contributed by atoms with Crippen molar-refractivity contribution in [1.82, 2.24) is 0 Å². The van der Waals surface area contributed by atoms with Crippen molar-refractivity contribution in [3.05, 3.63) is 96.1 Å². The van der Waals surface area contributed by atoms with Gasteiger partial charge >= 0.3 is 0 Å². The van der Waals surface area contributed by atoms with Gasteiger partial charge in [-0.15, -0.1) is 0 Å². The topological polar surface area (TPSA) is 38.3 Å². The highest BCUT2D eigenvalue weighted by molar-refractivity contribution is 5.99. The molecule has 25 heavy (non-hydrogen) atoms. The second-order valence-electron chi connectivity index (χ2n) is 5.67. The van der Waals surface area contributed by atoms with Crippen LogP contribution in [0.3, 0.4) is 0 Å². The molecule has 0 aliphatic carbocycles. The third-order valence-corrected chi connectivity index (χ3v) is 3.97. The molecule has 0 fully saturated rings. The minimum atomic E-state index is -0.378. The standard InChI is InChI=1S/C22H21NO2/c1-2-25-20-16-10-9-15-19(20)23-22(24)21(17-11-5-3-6-12-17)18-13-7-4-8-14-18/h3-16,21H,2H2,1H3,(H,23,24). The molecule has 0 aliphatic rings. The molecular formula is C22H21NO2. The molecule has 0 radical (unpaired) electrons. The van der Waals surface area contributed by atoms with E-state index in [1.54, 1.807) is 0 Å². The fourth-order valence-corrected chi connectivity index (χ4v) is 2.84. The molecule has 0 bridgehead atoms.